The van der Waals surface area contributed by atoms with E-state index in [4.69, 9.17) is 0 Å². The summed E-state index contributed by atoms with van der Waals surface area (Å²) in [6.45, 7) is 11.9. The van der Waals surface area contributed by atoms with E-state index in [0.29, 0.717) is 0 Å². The van der Waals surface area contributed by atoms with E-state index in [0.717, 1.165) is 58.7 Å². The van der Waals surface area contributed by atoms with Crippen LogP contribution in [-0.4, -0.2) is 0 Å². The molecule has 8 fully saturated rings. The molecule has 15 aromatic rings. The van der Waals surface area contributed by atoms with Crippen molar-refractivity contribution in [3.63, 3.8) is 0 Å². The summed E-state index contributed by atoms with van der Waals surface area (Å²) in [5, 5.41) is 0. The van der Waals surface area contributed by atoms with Gasteiger partial charge in [0.05, 0.1) is 11.4 Å². The molecule has 8 saturated carbocycles. The van der Waals surface area contributed by atoms with Crippen LogP contribution in [0.5, 0.6) is 0 Å². The molecule has 12 aliphatic carbocycles. The predicted molar refractivity (Wildman–Crippen MR) is 496 cm³/mol. The van der Waals surface area contributed by atoms with Gasteiger partial charge in [-0.05, 0) is 341 Å². The summed E-state index contributed by atoms with van der Waals surface area (Å²) in [5.41, 5.74) is 44.3. The predicted octanol–water partition coefficient (Wildman–Crippen LogP) is 31.0. The summed E-state index contributed by atoms with van der Waals surface area (Å²) in [6, 6.07) is 131. The SMILES string of the molecule is CC1(C)c2ccccc2-c2cccc(N(c3ccc(-c4ccccc4)cc3)c3ccc(-c4ccc5c(c4)-c4ccccc4C54C5CC6CC(C5)CC4C6)c(-c4ccccc4)c3)c21.Cc1cc(N(c2cccc(-c3ccccc3)c2)c2cccc3c2C(C)(C)c2ccccc2-3)ccc1-c1ccc2c(c1)-c1ccccc1C21C2CC3CC(C2)CC1C3. The molecular weight excluding hydrogens is 1430 g/mol. The third kappa shape index (κ3) is 10.6. The van der Waals surface area contributed by atoms with Crippen molar-refractivity contribution in [3.8, 4) is 100 Å². The van der Waals surface area contributed by atoms with Crippen molar-refractivity contribution in [1.29, 1.82) is 0 Å². The van der Waals surface area contributed by atoms with E-state index in [2.05, 4.69) is 390 Å². The van der Waals surface area contributed by atoms with Gasteiger partial charge in [0, 0.05) is 44.4 Å². The Morgan fingerprint density at radius 3 is 1.03 bits per heavy atom. The van der Waals surface area contributed by atoms with E-state index in [9.17, 15) is 0 Å². The van der Waals surface area contributed by atoms with Crippen molar-refractivity contribution in [2.24, 2.45) is 47.3 Å². The van der Waals surface area contributed by atoms with E-state index in [1.54, 1.807) is 22.3 Å². The third-order valence-electron chi connectivity index (χ3n) is 31.6. The van der Waals surface area contributed by atoms with Crippen LogP contribution in [-0.2, 0) is 21.7 Å². The molecule has 27 rings (SSSR count). The lowest BCUT2D eigenvalue weighted by Gasteiger charge is -2.61. The van der Waals surface area contributed by atoms with E-state index >= 15 is 0 Å². The minimum absolute atomic E-state index is 0.151. The van der Waals surface area contributed by atoms with Crippen LogP contribution in [0.1, 0.15) is 142 Å². The molecule has 0 saturated heterocycles. The molecule has 119 heavy (non-hydrogen) atoms. The molecule has 2 spiro atoms. The van der Waals surface area contributed by atoms with Crippen molar-refractivity contribution >= 4 is 34.1 Å². The van der Waals surface area contributed by atoms with Gasteiger partial charge in [-0.15, -0.1) is 0 Å². The summed E-state index contributed by atoms with van der Waals surface area (Å²) in [7, 11) is 0. The normalized spacial score (nSPS) is 23.4. The van der Waals surface area contributed by atoms with Gasteiger partial charge in [0.15, 0.2) is 0 Å². The molecular formula is C117H100N2. The monoisotopic (exact) mass is 1530 g/mol. The second-order valence-electron chi connectivity index (χ2n) is 38.3. The Kier molecular flexibility index (Phi) is 16.1. The first kappa shape index (κ1) is 71.0. The highest BCUT2D eigenvalue weighted by Crippen LogP contribution is 2.72. The molecule has 15 aromatic carbocycles. The van der Waals surface area contributed by atoms with E-state index < -0.39 is 0 Å². The van der Waals surface area contributed by atoms with Gasteiger partial charge in [-0.2, -0.15) is 0 Å². The lowest BCUT2D eigenvalue weighted by Crippen LogP contribution is -2.55. The summed E-state index contributed by atoms with van der Waals surface area (Å²) >= 11 is 0. The van der Waals surface area contributed by atoms with Crippen molar-refractivity contribution in [2.75, 3.05) is 9.80 Å². The maximum absolute atomic E-state index is 2.57. The molecule has 8 bridgehead atoms. The van der Waals surface area contributed by atoms with Gasteiger partial charge in [0.1, 0.15) is 0 Å². The highest BCUT2D eigenvalue weighted by molar-refractivity contribution is 5.97. The Bertz CT molecular complexity index is 6540. The number of rotatable bonds is 11. The van der Waals surface area contributed by atoms with Gasteiger partial charge in [-0.1, -0.05) is 301 Å². The van der Waals surface area contributed by atoms with Gasteiger partial charge in [0.2, 0.25) is 0 Å². The number of benzene rings is 15. The number of aryl methyl sites for hydroxylation is 1. The first-order valence-electron chi connectivity index (χ1n) is 44.5. The number of hydrogen-bond donors (Lipinski definition) is 0. The van der Waals surface area contributed by atoms with Gasteiger partial charge in [-0.25, -0.2) is 0 Å². The van der Waals surface area contributed by atoms with Crippen LogP contribution >= 0.6 is 0 Å². The average Bonchev–Trinajstić information content (AvgIpc) is 1.56. The van der Waals surface area contributed by atoms with Gasteiger partial charge < -0.3 is 9.80 Å². The Hall–Kier alpha value is -12.1. The Labute approximate surface area is 703 Å². The van der Waals surface area contributed by atoms with E-state index in [1.165, 1.54) is 215 Å². The highest BCUT2D eigenvalue weighted by Gasteiger charge is 2.63. The standard InChI is InChI=1S/C61H51N.C56H49N/c1-60(2)55-21-11-9-18-50(55)52-20-13-23-58(59(52)60)62(47-27-24-42(25-28-47)41-14-5-3-6-15-41)48-29-30-49(53(38-48)43-16-7-4-8-17-43)44-26-31-57-54(37-44)51-19-10-12-22-56(51)61(57)45-33-39-32-40(35-45)36-46(61)34-39;1-35-27-44(24-25-45(35)40-23-26-52-49(34-40)47-18-8-10-21-51(47)56(52)41-29-36-28-37(31-41)32-42(56)30-36)57(43-16-11-15-39(33-43)38-13-5-4-6-14-38)53-22-12-19-48-46-17-7-9-20-50(46)55(2,3)54(48)53/h3-31,37-40,45-46H,32-36H2,1-2H3;4-27,33-34,36-37,41-42H,28-32H2,1-3H3. The average molecular weight is 1530 g/mol. The van der Waals surface area contributed by atoms with Gasteiger partial charge in [-0.3, -0.25) is 0 Å². The smallest absolute Gasteiger partial charge is 0.0508 e. The van der Waals surface area contributed by atoms with Crippen molar-refractivity contribution in [1.82, 2.24) is 0 Å². The summed E-state index contributed by atoms with van der Waals surface area (Å²) in [4.78, 5) is 5.04. The lowest BCUT2D eigenvalue weighted by atomic mass is 9.43. The number of anilines is 6. The van der Waals surface area contributed by atoms with Crippen LogP contribution in [0.25, 0.3) is 100 Å². The van der Waals surface area contributed by atoms with Crippen LogP contribution in [0.2, 0.25) is 0 Å². The van der Waals surface area contributed by atoms with Crippen molar-refractivity contribution in [2.45, 2.75) is 120 Å². The lowest BCUT2D eigenvalue weighted by molar-refractivity contribution is -0.0399. The minimum atomic E-state index is -0.178. The Morgan fingerprint density at radius 2 is 0.546 bits per heavy atom. The fourth-order valence-corrected chi connectivity index (χ4v) is 27.3. The Morgan fingerprint density at radius 1 is 0.210 bits per heavy atom. The second-order valence-corrected chi connectivity index (χ2v) is 38.3. The van der Waals surface area contributed by atoms with Gasteiger partial charge >= 0.3 is 0 Å². The van der Waals surface area contributed by atoms with Crippen LogP contribution < -0.4 is 9.80 Å². The molecule has 0 aliphatic heterocycles. The molecule has 0 heterocycles. The first-order chi connectivity index (χ1) is 58.4. The molecule has 0 amide bonds. The van der Waals surface area contributed by atoms with Crippen LogP contribution in [0.4, 0.5) is 34.1 Å². The molecule has 0 unspecified atom stereocenters. The van der Waals surface area contributed by atoms with E-state index in [1.807, 2.05) is 0 Å². The molecule has 0 radical (unpaired) electrons. The topological polar surface area (TPSA) is 6.48 Å². The number of hydrogen-bond acceptors (Lipinski definition) is 2. The van der Waals surface area contributed by atoms with Crippen LogP contribution in [0.3, 0.4) is 0 Å². The maximum Gasteiger partial charge on any atom is 0.0508 e. The van der Waals surface area contributed by atoms with Crippen molar-refractivity contribution in [3.05, 3.63) is 396 Å². The van der Waals surface area contributed by atoms with E-state index in [-0.39, 0.29) is 21.7 Å². The molecule has 0 atom stereocenters. The van der Waals surface area contributed by atoms with Crippen LogP contribution in [0, 0.1) is 54.3 Å². The quantitative estimate of drug-likeness (QED) is 0.127. The van der Waals surface area contributed by atoms with Gasteiger partial charge in [0.25, 0.3) is 0 Å². The fraction of sp³-hybridized carbons (Fsp3) is 0.231. The Balaban J connectivity index is 0.000000136. The largest absolute Gasteiger partial charge is 0.310 e. The molecule has 0 aromatic heterocycles. The zero-order chi connectivity index (χ0) is 79.2. The zero-order valence-electron chi connectivity index (χ0n) is 69.0. The fourth-order valence-electron chi connectivity index (χ4n) is 27.3. The highest BCUT2D eigenvalue weighted by atomic mass is 15.2. The van der Waals surface area contributed by atoms with Crippen LogP contribution in [0.15, 0.2) is 346 Å². The molecule has 2 nitrogen and oxygen atoms in total. The number of fused-ring (bicyclic) bond motifs is 12. The molecule has 578 valence electrons. The molecule has 0 N–H and O–H groups in total. The number of nitrogens with zero attached hydrogens (tertiary/aromatic N) is 2. The second kappa shape index (κ2) is 27.0. The van der Waals surface area contributed by atoms with Crippen molar-refractivity contribution < 1.29 is 0 Å². The summed E-state index contributed by atoms with van der Waals surface area (Å²) in [6.07, 6.45) is 14.3. The molecule has 12 aliphatic rings. The first-order valence-corrected chi connectivity index (χ1v) is 44.5. The maximum atomic E-state index is 2.57. The summed E-state index contributed by atoms with van der Waals surface area (Å²) in [5.74, 6) is 6.86. The molecule has 2 heteroatoms. The third-order valence-corrected chi connectivity index (χ3v) is 31.6. The minimum Gasteiger partial charge on any atom is -0.310 e. The zero-order valence-corrected chi connectivity index (χ0v) is 69.0. The summed E-state index contributed by atoms with van der Waals surface area (Å²) < 4.78 is 0.